The number of imidazole rings is 1. The number of hydrogen-bond donors (Lipinski definition) is 1. The average molecular weight is 236 g/mol. The smallest absolute Gasteiger partial charge is 0.123 e. The molecule has 0 aliphatic carbocycles. The first-order valence-electron chi connectivity index (χ1n) is 5.11. The zero-order valence-electron chi connectivity index (χ0n) is 9.37. The van der Waals surface area contributed by atoms with Crippen LogP contribution in [0.25, 0.3) is 11.3 Å². The number of benzene rings is 1. The molecule has 1 aromatic heterocycles. The Labute approximate surface area is 99.9 Å². The van der Waals surface area contributed by atoms with Gasteiger partial charge in [0.1, 0.15) is 5.82 Å². The summed E-state index contributed by atoms with van der Waals surface area (Å²) in [7, 11) is 1.97. The van der Waals surface area contributed by atoms with Gasteiger partial charge in [0.15, 0.2) is 0 Å². The van der Waals surface area contributed by atoms with Crippen LogP contribution in [0.4, 0.5) is 0 Å². The van der Waals surface area contributed by atoms with Gasteiger partial charge in [0.2, 0.25) is 0 Å². The van der Waals surface area contributed by atoms with Crippen LogP contribution in [0.3, 0.4) is 0 Å². The summed E-state index contributed by atoms with van der Waals surface area (Å²) < 4.78 is 2.01. The van der Waals surface area contributed by atoms with Gasteiger partial charge in [-0.1, -0.05) is 23.7 Å². The highest BCUT2D eigenvalue weighted by atomic mass is 35.5. The van der Waals surface area contributed by atoms with E-state index in [2.05, 4.69) is 4.98 Å². The molecule has 0 fully saturated rings. The van der Waals surface area contributed by atoms with Crippen LogP contribution in [0.5, 0.6) is 0 Å². The molecule has 16 heavy (non-hydrogen) atoms. The van der Waals surface area contributed by atoms with Gasteiger partial charge >= 0.3 is 0 Å². The van der Waals surface area contributed by atoms with E-state index in [9.17, 15) is 0 Å². The van der Waals surface area contributed by atoms with Gasteiger partial charge in [-0.2, -0.15) is 0 Å². The first kappa shape index (κ1) is 11.2. The Hall–Kier alpha value is -1.32. The van der Waals surface area contributed by atoms with Crippen molar-refractivity contribution in [3.05, 3.63) is 40.8 Å². The molecule has 0 saturated carbocycles. The highest BCUT2D eigenvalue weighted by molar-refractivity contribution is 6.30. The molecule has 0 unspecified atom stereocenters. The zero-order chi connectivity index (χ0) is 11.7. The van der Waals surface area contributed by atoms with Crippen LogP contribution in [0.15, 0.2) is 24.3 Å². The molecule has 0 saturated heterocycles. The first-order valence-corrected chi connectivity index (χ1v) is 5.49. The Morgan fingerprint density at radius 1 is 1.44 bits per heavy atom. The van der Waals surface area contributed by atoms with Crippen molar-refractivity contribution in [2.45, 2.75) is 13.5 Å². The van der Waals surface area contributed by atoms with Crippen LogP contribution in [0, 0.1) is 6.92 Å². The minimum Gasteiger partial charge on any atom is -0.334 e. The fourth-order valence-electron chi connectivity index (χ4n) is 1.73. The number of nitrogens with two attached hydrogens (primary N) is 1. The van der Waals surface area contributed by atoms with Crippen LogP contribution in [0.2, 0.25) is 5.02 Å². The molecule has 3 nitrogen and oxygen atoms in total. The van der Waals surface area contributed by atoms with Crippen molar-refractivity contribution in [1.82, 2.24) is 9.55 Å². The molecule has 0 atom stereocenters. The lowest BCUT2D eigenvalue weighted by Crippen LogP contribution is -2.05. The van der Waals surface area contributed by atoms with Crippen LogP contribution in [-0.4, -0.2) is 9.55 Å². The summed E-state index contributed by atoms with van der Waals surface area (Å²) in [5, 5.41) is 0.719. The third kappa shape index (κ3) is 1.84. The van der Waals surface area contributed by atoms with Crippen molar-refractivity contribution in [1.29, 1.82) is 0 Å². The van der Waals surface area contributed by atoms with Crippen molar-refractivity contribution in [3.63, 3.8) is 0 Å². The molecule has 1 aromatic carbocycles. The van der Waals surface area contributed by atoms with Gasteiger partial charge in [-0.3, -0.25) is 0 Å². The highest BCUT2D eigenvalue weighted by Gasteiger charge is 2.11. The summed E-state index contributed by atoms with van der Waals surface area (Å²) in [6.07, 6.45) is 0. The van der Waals surface area contributed by atoms with Crippen molar-refractivity contribution < 1.29 is 0 Å². The fraction of sp³-hybridized carbons (Fsp3) is 0.250. The molecule has 1 heterocycles. The van der Waals surface area contributed by atoms with Gasteiger partial charge in [0, 0.05) is 23.3 Å². The maximum absolute atomic E-state index is 5.97. The van der Waals surface area contributed by atoms with E-state index in [4.69, 9.17) is 17.3 Å². The molecule has 4 heteroatoms. The Balaban J connectivity index is 2.56. The van der Waals surface area contributed by atoms with E-state index in [1.165, 1.54) is 0 Å². The topological polar surface area (TPSA) is 43.8 Å². The van der Waals surface area contributed by atoms with Crippen LogP contribution in [0.1, 0.15) is 11.5 Å². The van der Waals surface area contributed by atoms with E-state index in [1.807, 2.05) is 42.8 Å². The lowest BCUT2D eigenvalue weighted by Gasteiger charge is -2.01. The largest absolute Gasteiger partial charge is 0.334 e. The second-order valence-electron chi connectivity index (χ2n) is 3.74. The number of halogens is 1. The Bertz CT molecular complexity index is 517. The SMILES string of the molecule is Cc1c(-c2cccc(Cl)c2)nc(CN)n1C. The standard InChI is InChI=1S/C12H14ClN3/c1-8-12(15-11(7-14)16(8)2)9-4-3-5-10(13)6-9/h3-6H,7,14H2,1-2H3. The first-order chi connectivity index (χ1) is 7.63. The molecule has 0 spiro atoms. The van der Waals surface area contributed by atoms with Gasteiger partial charge in [0.05, 0.1) is 12.2 Å². The number of aromatic nitrogens is 2. The number of rotatable bonds is 2. The summed E-state index contributed by atoms with van der Waals surface area (Å²) >= 11 is 5.97. The molecular formula is C12H14ClN3. The van der Waals surface area contributed by atoms with Crippen molar-refractivity contribution in [2.75, 3.05) is 0 Å². The van der Waals surface area contributed by atoms with E-state index in [0.717, 1.165) is 27.8 Å². The van der Waals surface area contributed by atoms with E-state index in [1.54, 1.807) is 0 Å². The van der Waals surface area contributed by atoms with Gasteiger partial charge < -0.3 is 10.3 Å². The molecule has 0 aliphatic heterocycles. The van der Waals surface area contributed by atoms with Crippen molar-refractivity contribution in [2.24, 2.45) is 12.8 Å². The summed E-state index contributed by atoms with van der Waals surface area (Å²) in [6, 6.07) is 7.69. The Morgan fingerprint density at radius 3 is 2.75 bits per heavy atom. The quantitative estimate of drug-likeness (QED) is 0.869. The summed E-state index contributed by atoms with van der Waals surface area (Å²) in [6.45, 7) is 2.47. The fourth-order valence-corrected chi connectivity index (χ4v) is 1.92. The molecule has 0 radical (unpaired) electrons. The molecule has 2 aromatic rings. The van der Waals surface area contributed by atoms with Gasteiger partial charge in [0.25, 0.3) is 0 Å². The highest BCUT2D eigenvalue weighted by Crippen LogP contribution is 2.25. The van der Waals surface area contributed by atoms with E-state index >= 15 is 0 Å². The normalized spacial score (nSPS) is 10.8. The monoisotopic (exact) mass is 235 g/mol. The zero-order valence-corrected chi connectivity index (χ0v) is 10.1. The Kier molecular flexibility index (Phi) is 2.99. The molecule has 2 N–H and O–H groups in total. The molecule has 84 valence electrons. The van der Waals surface area contributed by atoms with Crippen molar-refractivity contribution in [3.8, 4) is 11.3 Å². The van der Waals surface area contributed by atoms with Gasteiger partial charge in [-0.25, -0.2) is 4.98 Å². The third-order valence-electron chi connectivity index (χ3n) is 2.75. The van der Waals surface area contributed by atoms with E-state index in [0.29, 0.717) is 6.54 Å². The van der Waals surface area contributed by atoms with Gasteiger partial charge in [-0.15, -0.1) is 0 Å². The maximum Gasteiger partial charge on any atom is 0.123 e. The second-order valence-corrected chi connectivity index (χ2v) is 4.17. The number of hydrogen-bond acceptors (Lipinski definition) is 2. The summed E-state index contributed by atoms with van der Waals surface area (Å²) in [5.41, 5.74) is 8.71. The maximum atomic E-state index is 5.97. The third-order valence-corrected chi connectivity index (χ3v) is 2.99. The van der Waals surface area contributed by atoms with Crippen LogP contribution >= 0.6 is 11.6 Å². The minimum absolute atomic E-state index is 0.442. The second kappa shape index (κ2) is 4.28. The molecule has 2 rings (SSSR count). The van der Waals surface area contributed by atoms with E-state index < -0.39 is 0 Å². The number of nitrogens with zero attached hydrogens (tertiary/aromatic N) is 2. The predicted molar refractivity (Wildman–Crippen MR) is 66.3 cm³/mol. The molecule has 0 bridgehead atoms. The summed E-state index contributed by atoms with van der Waals surface area (Å²) in [5.74, 6) is 0.882. The average Bonchev–Trinajstić information content (AvgIpc) is 2.56. The minimum atomic E-state index is 0.442. The lowest BCUT2D eigenvalue weighted by molar-refractivity contribution is 0.774. The molecule has 0 aliphatic rings. The van der Waals surface area contributed by atoms with Crippen LogP contribution in [-0.2, 0) is 13.6 Å². The molecule has 0 amide bonds. The van der Waals surface area contributed by atoms with E-state index in [-0.39, 0.29) is 0 Å². The van der Waals surface area contributed by atoms with Gasteiger partial charge in [-0.05, 0) is 19.1 Å². The lowest BCUT2D eigenvalue weighted by atomic mass is 10.1. The summed E-state index contributed by atoms with van der Waals surface area (Å²) in [4.78, 5) is 4.52. The molecular weight excluding hydrogens is 222 g/mol. The predicted octanol–water partition coefficient (Wildman–Crippen LogP) is 2.51. The Morgan fingerprint density at radius 2 is 2.19 bits per heavy atom. The van der Waals surface area contributed by atoms with Crippen LogP contribution < -0.4 is 5.73 Å². The van der Waals surface area contributed by atoms with Crippen molar-refractivity contribution >= 4 is 11.6 Å².